The molecule has 1 aromatic rings. The molecule has 1 fully saturated rings. The van der Waals surface area contributed by atoms with E-state index < -0.39 is 0 Å². The topological polar surface area (TPSA) is 34.1 Å². The van der Waals surface area contributed by atoms with Crippen LogP contribution in [0.5, 0.6) is 0 Å². The predicted molar refractivity (Wildman–Crippen MR) is 62.1 cm³/mol. The van der Waals surface area contributed by atoms with Crippen molar-refractivity contribution in [2.24, 2.45) is 5.92 Å². The Hall–Kier alpha value is -1.44. The molecule has 2 heteroatoms. The maximum atomic E-state index is 11.6. The van der Waals surface area contributed by atoms with E-state index in [-0.39, 0.29) is 17.5 Å². The Morgan fingerprint density at radius 1 is 1.00 bits per heavy atom. The molecule has 0 spiro atoms. The van der Waals surface area contributed by atoms with Gasteiger partial charge in [0.15, 0.2) is 0 Å². The smallest absolute Gasteiger partial charge is 0.143 e. The van der Waals surface area contributed by atoms with Crippen LogP contribution in [0.2, 0.25) is 0 Å². The Balaban J connectivity index is 1.94. The van der Waals surface area contributed by atoms with E-state index in [4.69, 9.17) is 0 Å². The molecule has 0 radical (unpaired) electrons. The molecule has 1 saturated carbocycles. The molecule has 2 rings (SSSR count). The number of carbonyl (C=O) groups excluding carboxylic acids is 2. The first-order valence-electron chi connectivity index (χ1n) is 5.87. The van der Waals surface area contributed by atoms with Crippen LogP contribution in [0.1, 0.15) is 31.2 Å². The minimum atomic E-state index is -0.325. The zero-order chi connectivity index (χ0) is 11.4. The van der Waals surface area contributed by atoms with Crippen molar-refractivity contribution in [3.8, 4) is 0 Å². The lowest BCUT2D eigenvalue weighted by atomic mass is 9.83. The van der Waals surface area contributed by atoms with Gasteiger partial charge in [0, 0.05) is 12.8 Å². The first kappa shape index (κ1) is 11.1. The van der Waals surface area contributed by atoms with Crippen LogP contribution in [-0.4, -0.2) is 11.6 Å². The lowest BCUT2D eigenvalue weighted by molar-refractivity contribution is -0.135. The van der Waals surface area contributed by atoms with Crippen molar-refractivity contribution in [2.45, 2.75) is 32.1 Å². The second-order valence-corrected chi connectivity index (χ2v) is 4.36. The SMILES string of the molecule is O=C1CCCC(=O)C1CCc1ccccc1. The van der Waals surface area contributed by atoms with E-state index in [1.165, 1.54) is 5.56 Å². The van der Waals surface area contributed by atoms with Gasteiger partial charge < -0.3 is 0 Å². The summed E-state index contributed by atoms with van der Waals surface area (Å²) in [5.41, 5.74) is 1.20. The summed E-state index contributed by atoms with van der Waals surface area (Å²) in [6.07, 6.45) is 3.43. The summed E-state index contributed by atoms with van der Waals surface area (Å²) in [6, 6.07) is 10.0. The Morgan fingerprint density at radius 2 is 1.62 bits per heavy atom. The van der Waals surface area contributed by atoms with Gasteiger partial charge in [-0.2, -0.15) is 0 Å². The van der Waals surface area contributed by atoms with Gasteiger partial charge in [-0.1, -0.05) is 30.3 Å². The Labute approximate surface area is 95.7 Å². The minimum absolute atomic E-state index is 0.146. The van der Waals surface area contributed by atoms with Gasteiger partial charge in [0.1, 0.15) is 11.6 Å². The monoisotopic (exact) mass is 216 g/mol. The highest BCUT2D eigenvalue weighted by Crippen LogP contribution is 2.21. The summed E-state index contributed by atoms with van der Waals surface area (Å²) in [4.78, 5) is 23.2. The number of benzene rings is 1. The Morgan fingerprint density at radius 3 is 2.25 bits per heavy atom. The van der Waals surface area contributed by atoms with E-state index in [1.807, 2.05) is 30.3 Å². The highest BCUT2D eigenvalue weighted by Gasteiger charge is 2.29. The van der Waals surface area contributed by atoms with Crippen LogP contribution in [0.15, 0.2) is 30.3 Å². The Bertz CT molecular complexity index is 365. The van der Waals surface area contributed by atoms with Crippen LogP contribution >= 0.6 is 0 Å². The van der Waals surface area contributed by atoms with Crippen LogP contribution < -0.4 is 0 Å². The van der Waals surface area contributed by atoms with E-state index in [0.717, 1.165) is 12.8 Å². The lowest BCUT2D eigenvalue weighted by Gasteiger charge is -2.19. The van der Waals surface area contributed by atoms with Crippen LogP contribution in [0.4, 0.5) is 0 Å². The third-order valence-electron chi connectivity index (χ3n) is 3.19. The fraction of sp³-hybridized carbons (Fsp3) is 0.429. The molecule has 0 heterocycles. The number of rotatable bonds is 3. The number of aryl methyl sites for hydroxylation is 1. The van der Waals surface area contributed by atoms with Gasteiger partial charge in [-0.25, -0.2) is 0 Å². The van der Waals surface area contributed by atoms with Gasteiger partial charge in [0.05, 0.1) is 5.92 Å². The summed E-state index contributed by atoms with van der Waals surface area (Å²) in [5.74, 6) is -0.0340. The summed E-state index contributed by atoms with van der Waals surface area (Å²) < 4.78 is 0. The third kappa shape index (κ3) is 2.57. The molecule has 0 N–H and O–H groups in total. The highest BCUT2D eigenvalue weighted by molar-refractivity contribution is 6.04. The number of carbonyl (C=O) groups is 2. The summed E-state index contributed by atoms with van der Waals surface area (Å²) in [5, 5.41) is 0. The van der Waals surface area contributed by atoms with Gasteiger partial charge in [-0.05, 0) is 24.8 Å². The molecule has 16 heavy (non-hydrogen) atoms. The van der Waals surface area contributed by atoms with Gasteiger partial charge >= 0.3 is 0 Å². The first-order valence-corrected chi connectivity index (χ1v) is 5.87. The van der Waals surface area contributed by atoms with E-state index in [2.05, 4.69) is 0 Å². The van der Waals surface area contributed by atoms with E-state index in [9.17, 15) is 9.59 Å². The number of hydrogen-bond acceptors (Lipinski definition) is 2. The maximum Gasteiger partial charge on any atom is 0.143 e. The molecule has 2 nitrogen and oxygen atoms in total. The van der Waals surface area contributed by atoms with E-state index >= 15 is 0 Å². The number of Topliss-reactive ketones (excluding diaryl/α,β-unsaturated/α-hetero) is 2. The fourth-order valence-electron chi connectivity index (χ4n) is 2.24. The molecule has 0 aromatic heterocycles. The van der Waals surface area contributed by atoms with Gasteiger partial charge in [0.25, 0.3) is 0 Å². The molecule has 1 aromatic carbocycles. The van der Waals surface area contributed by atoms with Gasteiger partial charge in [-0.3, -0.25) is 9.59 Å². The summed E-state index contributed by atoms with van der Waals surface area (Å²) in [7, 11) is 0. The quantitative estimate of drug-likeness (QED) is 0.728. The van der Waals surface area contributed by atoms with Crippen molar-refractivity contribution in [1.29, 1.82) is 0 Å². The van der Waals surface area contributed by atoms with Crippen molar-refractivity contribution in [3.05, 3.63) is 35.9 Å². The molecule has 84 valence electrons. The van der Waals surface area contributed by atoms with Crippen molar-refractivity contribution in [2.75, 3.05) is 0 Å². The second-order valence-electron chi connectivity index (χ2n) is 4.36. The minimum Gasteiger partial charge on any atom is -0.299 e. The second kappa shape index (κ2) is 5.06. The van der Waals surface area contributed by atoms with Crippen molar-refractivity contribution in [3.63, 3.8) is 0 Å². The van der Waals surface area contributed by atoms with Crippen molar-refractivity contribution >= 4 is 11.6 Å². The Kier molecular flexibility index (Phi) is 3.50. The van der Waals surface area contributed by atoms with Crippen LogP contribution in [0.25, 0.3) is 0 Å². The average molecular weight is 216 g/mol. The molecule has 0 aliphatic heterocycles. The molecule has 0 atom stereocenters. The maximum absolute atomic E-state index is 11.6. The highest BCUT2D eigenvalue weighted by atomic mass is 16.2. The predicted octanol–water partition coefficient (Wildman–Crippen LogP) is 2.56. The van der Waals surface area contributed by atoms with E-state index in [1.54, 1.807) is 0 Å². The first-order chi connectivity index (χ1) is 7.77. The molecule has 0 bridgehead atoms. The number of hydrogen-bond donors (Lipinski definition) is 0. The van der Waals surface area contributed by atoms with Crippen LogP contribution in [-0.2, 0) is 16.0 Å². The molecular formula is C14H16O2. The number of ketones is 2. The molecule has 1 aliphatic rings. The van der Waals surface area contributed by atoms with Gasteiger partial charge in [0.2, 0.25) is 0 Å². The zero-order valence-corrected chi connectivity index (χ0v) is 9.32. The molecule has 0 amide bonds. The largest absolute Gasteiger partial charge is 0.299 e. The molecule has 1 aliphatic carbocycles. The summed E-state index contributed by atoms with van der Waals surface area (Å²) >= 11 is 0. The van der Waals surface area contributed by atoms with Crippen molar-refractivity contribution in [1.82, 2.24) is 0 Å². The zero-order valence-electron chi connectivity index (χ0n) is 9.32. The van der Waals surface area contributed by atoms with E-state index in [0.29, 0.717) is 19.3 Å². The lowest BCUT2D eigenvalue weighted by Crippen LogP contribution is -2.28. The molecule has 0 saturated heterocycles. The van der Waals surface area contributed by atoms with Crippen LogP contribution in [0.3, 0.4) is 0 Å². The normalized spacial score (nSPS) is 17.8. The van der Waals surface area contributed by atoms with Gasteiger partial charge in [-0.15, -0.1) is 0 Å². The third-order valence-corrected chi connectivity index (χ3v) is 3.19. The van der Waals surface area contributed by atoms with Crippen molar-refractivity contribution < 1.29 is 9.59 Å². The average Bonchev–Trinajstić information content (AvgIpc) is 2.30. The molecule has 0 unspecified atom stereocenters. The fourth-order valence-corrected chi connectivity index (χ4v) is 2.24. The molecular weight excluding hydrogens is 200 g/mol. The summed E-state index contributed by atoms with van der Waals surface area (Å²) in [6.45, 7) is 0. The standard InChI is InChI=1S/C14H16O2/c15-13-7-4-8-14(16)12(13)10-9-11-5-2-1-3-6-11/h1-3,5-6,12H,4,7-10H2. The van der Waals surface area contributed by atoms with Crippen LogP contribution in [0, 0.1) is 5.92 Å².